The number of esters is 1. The van der Waals surface area contributed by atoms with Crippen LogP contribution in [0.15, 0.2) is 46.0 Å². The van der Waals surface area contributed by atoms with Crippen molar-refractivity contribution in [1.29, 1.82) is 0 Å². The van der Waals surface area contributed by atoms with E-state index in [2.05, 4.69) is 15.2 Å². The van der Waals surface area contributed by atoms with Crippen molar-refractivity contribution in [3.63, 3.8) is 0 Å². The van der Waals surface area contributed by atoms with Crippen LogP contribution in [0.1, 0.15) is 37.6 Å². The van der Waals surface area contributed by atoms with Crippen LogP contribution in [0.4, 0.5) is 0 Å². The van der Waals surface area contributed by atoms with E-state index in [9.17, 15) is 13.2 Å². The summed E-state index contributed by atoms with van der Waals surface area (Å²) in [7, 11) is -1.94. The summed E-state index contributed by atoms with van der Waals surface area (Å²) < 4.78 is 39.8. The molecule has 3 heterocycles. The molecule has 0 bridgehead atoms. The second-order valence-electron chi connectivity index (χ2n) is 7.81. The van der Waals surface area contributed by atoms with Crippen LogP contribution < -0.4 is 0 Å². The lowest BCUT2D eigenvalue weighted by atomic mass is 9.98. The van der Waals surface area contributed by atoms with Crippen LogP contribution in [0.25, 0.3) is 11.5 Å². The zero-order chi connectivity index (χ0) is 22.9. The largest absolute Gasteiger partial charge is 0.452 e. The van der Waals surface area contributed by atoms with Crippen LogP contribution in [0.5, 0.6) is 0 Å². The Balaban J connectivity index is 1.34. The molecule has 4 rings (SSSR count). The molecule has 0 saturated carbocycles. The number of hydrogen-bond acceptors (Lipinski definition) is 8. The number of imidazole rings is 1. The molecule has 10 nitrogen and oxygen atoms in total. The van der Waals surface area contributed by atoms with Crippen molar-refractivity contribution in [2.45, 2.75) is 37.8 Å². The normalized spacial score (nSPS) is 16.7. The number of benzene rings is 1. The summed E-state index contributed by atoms with van der Waals surface area (Å²) in [6.45, 7) is 3.87. The third-order valence-electron chi connectivity index (χ3n) is 5.58. The number of rotatable bonds is 6. The molecule has 32 heavy (non-hydrogen) atoms. The first-order valence-corrected chi connectivity index (χ1v) is 11.8. The maximum atomic E-state index is 12.8. The molecule has 11 heteroatoms. The lowest BCUT2D eigenvalue weighted by molar-refractivity contribution is -0.156. The Bertz CT molecular complexity index is 1180. The van der Waals surface area contributed by atoms with Gasteiger partial charge in [0, 0.05) is 31.9 Å². The molecule has 0 radical (unpaired) electrons. The third kappa shape index (κ3) is 4.44. The van der Waals surface area contributed by atoms with E-state index >= 15 is 0 Å². The minimum Gasteiger partial charge on any atom is -0.452 e. The van der Waals surface area contributed by atoms with Crippen molar-refractivity contribution in [3.05, 3.63) is 48.2 Å². The van der Waals surface area contributed by atoms with Gasteiger partial charge in [0.05, 0.1) is 5.92 Å². The summed E-state index contributed by atoms with van der Waals surface area (Å²) in [5, 5.41) is 8.03. The molecular formula is C21H25N5O5S. The molecule has 0 spiro atoms. The van der Waals surface area contributed by atoms with E-state index in [1.807, 2.05) is 30.3 Å². The summed E-state index contributed by atoms with van der Waals surface area (Å²) in [4.78, 5) is 16.8. The van der Waals surface area contributed by atoms with Crippen LogP contribution >= 0.6 is 0 Å². The van der Waals surface area contributed by atoms with Gasteiger partial charge < -0.3 is 13.7 Å². The topological polar surface area (TPSA) is 120 Å². The summed E-state index contributed by atoms with van der Waals surface area (Å²) >= 11 is 0. The lowest BCUT2D eigenvalue weighted by Crippen LogP contribution is -2.40. The van der Waals surface area contributed by atoms with Gasteiger partial charge in [-0.1, -0.05) is 18.2 Å². The molecule has 1 aliphatic rings. The van der Waals surface area contributed by atoms with Gasteiger partial charge in [-0.25, -0.2) is 13.4 Å². The third-order valence-corrected chi connectivity index (χ3v) is 7.35. The highest BCUT2D eigenvalue weighted by Crippen LogP contribution is 2.27. The second kappa shape index (κ2) is 8.83. The molecule has 1 aromatic carbocycles. The van der Waals surface area contributed by atoms with E-state index in [4.69, 9.17) is 9.15 Å². The number of ether oxygens (including phenoxy) is 1. The van der Waals surface area contributed by atoms with Gasteiger partial charge in [-0.2, -0.15) is 4.31 Å². The molecule has 3 aromatic rings. The van der Waals surface area contributed by atoms with Gasteiger partial charge in [-0.15, -0.1) is 10.2 Å². The maximum absolute atomic E-state index is 12.8. The number of hydrogen-bond donors (Lipinski definition) is 0. The van der Waals surface area contributed by atoms with Gasteiger partial charge in [0.1, 0.15) is 5.82 Å². The van der Waals surface area contributed by atoms with Crippen LogP contribution in [0.2, 0.25) is 0 Å². The molecule has 0 N–H and O–H groups in total. The van der Waals surface area contributed by atoms with Crippen molar-refractivity contribution in [2.24, 2.45) is 13.0 Å². The molecule has 2 aromatic heterocycles. The average molecular weight is 460 g/mol. The number of sulfonamides is 1. The van der Waals surface area contributed by atoms with E-state index < -0.39 is 28.0 Å². The Kier molecular flexibility index (Phi) is 6.11. The molecule has 1 aliphatic heterocycles. The lowest BCUT2D eigenvalue weighted by Gasteiger charge is -2.29. The fraction of sp³-hybridized carbons (Fsp3) is 0.429. The highest BCUT2D eigenvalue weighted by Gasteiger charge is 2.35. The number of aryl methyl sites for hydroxylation is 2. The minimum atomic E-state index is -3.69. The first-order valence-electron chi connectivity index (χ1n) is 10.3. The SMILES string of the molecule is Cc1nc(S(=O)(=O)N2CCC(C(=O)OC(C)c3nnc(-c4ccccc4)o3)CC2)cn1C. The smallest absolute Gasteiger partial charge is 0.309 e. The van der Waals surface area contributed by atoms with Crippen molar-refractivity contribution in [2.75, 3.05) is 13.1 Å². The summed E-state index contributed by atoms with van der Waals surface area (Å²) in [5.74, 6) is 0.385. The first kappa shape index (κ1) is 22.2. The number of piperidine rings is 1. The number of aromatic nitrogens is 4. The number of carbonyl (C=O) groups excluding carboxylic acids is 1. The van der Waals surface area contributed by atoms with Crippen LogP contribution in [0, 0.1) is 12.8 Å². The fourth-order valence-corrected chi connectivity index (χ4v) is 5.03. The Morgan fingerprint density at radius 1 is 1.19 bits per heavy atom. The average Bonchev–Trinajstić information content (AvgIpc) is 3.42. The molecule has 1 saturated heterocycles. The predicted octanol–water partition coefficient (Wildman–Crippen LogP) is 2.48. The molecule has 1 unspecified atom stereocenters. The molecule has 1 atom stereocenters. The summed E-state index contributed by atoms with van der Waals surface area (Å²) in [5.41, 5.74) is 0.779. The van der Waals surface area contributed by atoms with Crippen molar-refractivity contribution in [1.82, 2.24) is 24.1 Å². The van der Waals surface area contributed by atoms with Gasteiger partial charge in [0.15, 0.2) is 11.1 Å². The van der Waals surface area contributed by atoms with Gasteiger partial charge in [-0.05, 0) is 38.8 Å². The van der Waals surface area contributed by atoms with Crippen LogP contribution in [-0.4, -0.2) is 51.5 Å². The van der Waals surface area contributed by atoms with Crippen molar-refractivity contribution < 1.29 is 22.4 Å². The van der Waals surface area contributed by atoms with E-state index in [1.165, 1.54) is 10.5 Å². The first-order chi connectivity index (χ1) is 15.3. The zero-order valence-corrected chi connectivity index (χ0v) is 18.9. The zero-order valence-electron chi connectivity index (χ0n) is 18.1. The highest BCUT2D eigenvalue weighted by atomic mass is 32.2. The predicted molar refractivity (Wildman–Crippen MR) is 114 cm³/mol. The fourth-order valence-electron chi connectivity index (χ4n) is 3.53. The van der Waals surface area contributed by atoms with Crippen LogP contribution in [-0.2, 0) is 26.6 Å². The molecule has 170 valence electrons. The highest BCUT2D eigenvalue weighted by molar-refractivity contribution is 7.89. The Labute approximate surface area is 186 Å². The van der Waals surface area contributed by atoms with Crippen LogP contribution in [0.3, 0.4) is 0 Å². The van der Waals surface area contributed by atoms with E-state index in [0.29, 0.717) is 24.6 Å². The summed E-state index contributed by atoms with van der Waals surface area (Å²) in [6, 6.07) is 9.32. The van der Waals surface area contributed by atoms with E-state index in [1.54, 1.807) is 25.5 Å². The summed E-state index contributed by atoms with van der Waals surface area (Å²) in [6.07, 6.45) is 1.54. The number of nitrogens with zero attached hydrogens (tertiary/aromatic N) is 5. The van der Waals surface area contributed by atoms with Crippen molar-refractivity contribution >= 4 is 16.0 Å². The van der Waals surface area contributed by atoms with Gasteiger partial charge in [-0.3, -0.25) is 4.79 Å². The quantitative estimate of drug-likeness (QED) is 0.516. The molecule has 0 amide bonds. The Hall–Kier alpha value is -3.05. The Morgan fingerprint density at radius 2 is 1.88 bits per heavy atom. The standard InChI is InChI=1S/C21H25N5O5S/c1-14(19-23-24-20(31-19)16-7-5-4-6-8-16)30-21(27)17-9-11-26(12-10-17)32(28,29)18-13-25(3)15(2)22-18/h4-8,13-14,17H,9-12H2,1-3H3. The second-order valence-corrected chi connectivity index (χ2v) is 9.69. The monoisotopic (exact) mass is 459 g/mol. The van der Waals surface area contributed by atoms with Gasteiger partial charge >= 0.3 is 5.97 Å². The van der Waals surface area contributed by atoms with Crippen molar-refractivity contribution in [3.8, 4) is 11.5 Å². The number of carbonyl (C=O) groups is 1. The van der Waals surface area contributed by atoms with Gasteiger partial charge in [0.2, 0.25) is 5.89 Å². The molecule has 1 fully saturated rings. The minimum absolute atomic E-state index is 0.0257. The Morgan fingerprint density at radius 3 is 2.50 bits per heavy atom. The molecular weight excluding hydrogens is 434 g/mol. The van der Waals surface area contributed by atoms with E-state index in [0.717, 1.165) is 5.56 Å². The van der Waals surface area contributed by atoms with E-state index in [-0.39, 0.29) is 24.0 Å². The molecule has 0 aliphatic carbocycles. The van der Waals surface area contributed by atoms with Gasteiger partial charge in [0.25, 0.3) is 15.9 Å². The maximum Gasteiger partial charge on any atom is 0.309 e.